The van der Waals surface area contributed by atoms with Crippen LogP contribution in [0.25, 0.3) is 0 Å². The molecule has 0 aromatic carbocycles. The van der Waals surface area contributed by atoms with E-state index in [1.165, 1.54) is 31.7 Å². The number of nitrogens with one attached hydrogen (secondary N) is 1. The Kier molecular flexibility index (Phi) is 4.77. The highest BCUT2D eigenvalue weighted by molar-refractivity contribution is 5.85. The van der Waals surface area contributed by atoms with Gasteiger partial charge in [-0.25, -0.2) is 9.78 Å². The van der Waals surface area contributed by atoms with Crippen molar-refractivity contribution in [3.8, 4) is 0 Å². The van der Waals surface area contributed by atoms with E-state index in [0.29, 0.717) is 5.82 Å². The van der Waals surface area contributed by atoms with Gasteiger partial charge in [-0.15, -0.1) is 0 Å². The van der Waals surface area contributed by atoms with Gasteiger partial charge in [0.1, 0.15) is 5.82 Å². The molecule has 2 rings (SSSR count). The Bertz CT molecular complexity index is 426. The molecule has 0 unspecified atom stereocenters. The molecule has 4 nitrogen and oxygen atoms in total. The maximum atomic E-state index is 10.8. The van der Waals surface area contributed by atoms with Crippen molar-refractivity contribution in [2.45, 2.75) is 39.0 Å². The lowest BCUT2D eigenvalue weighted by Crippen LogP contribution is -2.16. The number of aromatic carboxylic acids is 1. The number of pyridine rings is 1. The maximum absolute atomic E-state index is 10.8. The average Bonchev–Trinajstić information content (AvgIpc) is 2.41. The molecule has 104 valence electrons. The minimum absolute atomic E-state index is 0.0940. The lowest BCUT2D eigenvalue weighted by atomic mass is 9.81. The summed E-state index contributed by atoms with van der Waals surface area (Å²) in [6.07, 6.45) is 6.48. The van der Waals surface area contributed by atoms with Crippen LogP contribution in [0.15, 0.2) is 18.2 Å². The van der Waals surface area contributed by atoms with Gasteiger partial charge >= 0.3 is 5.97 Å². The first-order valence-corrected chi connectivity index (χ1v) is 7.09. The molecule has 0 radical (unpaired) electrons. The third kappa shape index (κ3) is 4.23. The minimum Gasteiger partial charge on any atom is -0.477 e. The topological polar surface area (TPSA) is 62.2 Å². The number of carbonyl (C=O) groups is 1. The Morgan fingerprint density at radius 2 is 2.11 bits per heavy atom. The second-order valence-corrected chi connectivity index (χ2v) is 5.55. The largest absolute Gasteiger partial charge is 0.477 e. The molecule has 0 bridgehead atoms. The Labute approximate surface area is 114 Å². The fourth-order valence-electron chi connectivity index (χ4n) is 2.67. The van der Waals surface area contributed by atoms with E-state index in [4.69, 9.17) is 5.11 Å². The second-order valence-electron chi connectivity index (χ2n) is 5.55. The van der Waals surface area contributed by atoms with Gasteiger partial charge in [-0.05, 0) is 30.4 Å². The predicted octanol–water partition coefficient (Wildman–Crippen LogP) is 3.41. The highest BCUT2D eigenvalue weighted by Crippen LogP contribution is 2.30. The summed E-state index contributed by atoms with van der Waals surface area (Å²) in [6, 6.07) is 5.05. The smallest absolute Gasteiger partial charge is 0.354 e. The lowest BCUT2D eigenvalue weighted by molar-refractivity contribution is 0.0690. The van der Waals surface area contributed by atoms with Crippen molar-refractivity contribution < 1.29 is 9.90 Å². The van der Waals surface area contributed by atoms with Crippen LogP contribution in [-0.4, -0.2) is 22.6 Å². The molecule has 1 aliphatic rings. The fourth-order valence-corrected chi connectivity index (χ4v) is 2.67. The van der Waals surface area contributed by atoms with Gasteiger partial charge in [-0.1, -0.05) is 38.7 Å². The fraction of sp³-hybridized carbons (Fsp3) is 0.600. The van der Waals surface area contributed by atoms with E-state index in [-0.39, 0.29) is 5.69 Å². The number of nitrogens with zero attached hydrogens (tertiary/aromatic N) is 1. The molecular weight excluding hydrogens is 240 g/mol. The average molecular weight is 262 g/mol. The number of rotatable bonds is 5. The van der Waals surface area contributed by atoms with Gasteiger partial charge in [0.2, 0.25) is 0 Å². The van der Waals surface area contributed by atoms with Crippen LogP contribution in [0.5, 0.6) is 0 Å². The van der Waals surface area contributed by atoms with E-state index in [1.54, 1.807) is 6.07 Å². The van der Waals surface area contributed by atoms with Crippen molar-refractivity contribution >= 4 is 11.8 Å². The van der Waals surface area contributed by atoms with Crippen molar-refractivity contribution in [2.75, 3.05) is 11.9 Å². The monoisotopic (exact) mass is 262 g/mol. The van der Waals surface area contributed by atoms with Gasteiger partial charge in [0, 0.05) is 6.54 Å². The van der Waals surface area contributed by atoms with Gasteiger partial charge in [0.15, 0.2) is 5.69 Å². The Morgan fingerprint density at radius 1 is 1.37 bits per heavy atom. The number of aromatic nitrogens is 1. The number of carboxylic acids is 1. The zero-order valence-corrected chi connectivity index (χ0v) is 11.4. The van der Waals surface area contributed by atoms with Gasteiger partial charge in [0.05, 0.1) is 0 Å². The number of carboxylic acid groups (broad SMARTS) is 1. The Balaban J connectivity index is 1.76. The van der Waals surface area contributed by atoms with Crippen molar-refractivity contribution in [3.05, 3.63) is 23.9 Å². The molecule has 0 atom stereocenters. The zero-order chi connectivity index (χ0) is 13.7. The van der Waals surface area contributed by atoms with Crippen LogP contribution in [0.2, 0.25) is 0 Å². The van der Waals surface area contributed by atoms with Gasteiger partial charge in [0.25, 0.3) is 0 Å². The van der Waals surface area contributed by atoms with Gasteiger partial charge < -0.3 is 10.4 Å². The summed E-state index contributed by atoms with van der Waals surface area (Å²) < 4.78 is 0. The molecular formula is C15H22N2O2. The first-order chi connectivity index (χ1) is 9.15. The third-order valence-electron chi connectivity index (χ3n) is 3.96. The number of hydrogen-bond acceptors (Lipinski definition) is 3. The summed E-state index contributed by atoms with van der Waals surface area (Å²) >= 11 is 0. The Morgan fingerprint density at radius 3 is 2.79 bits per heavy atom. The van der Waals surface area contributed by atoms with E-state index >= 15 is 0 Å². The van der Waals surface area contributed by atoms with Crippen LogP contribution in [0, 0.1) is 11.8 Å². The van der Waals surface area contributed by atoms with Gasteiger partial charge in [-0.2, -0.15) is 0 Å². The van der Waals surface area contributed by atoms with Crippen LogP contribution < -0.4 is 5.32 Å². The van der Waals surface area contributed by atoms with E-state index in [1.807, 2.05) is 6.07 Å². The van der Waals surface area contributed by atoms with E-state index in [0.717, 1.165) is 24.8 Å². The van der Waals surface area contributed by atoms with E-state index < -0.39 is 5.97 Å². The SMILES string of the molecule is CC1CCC(CCNc2cccc(C(=O)O)n2)CC1. The maximum Gasteiger partial charge on any atom is 0.354 e. The molecule has 0 saturated heterocycles. The van der Waals surface area contributed by atoms with E-state index in [9.17, 15) is 4.79 Å². The highest BCUT2D eigenvalue weighted by atomic mass is 16.4. The predicted molar refractivity (Wildman–Crippen MR) is 75.4 cm³/mol. The molecule has 1 aromatic rings. The molecule has 4 heteroatoms. The zero-order valence-electron chi connectivity index (χ0n) is 11.4. The summed E-state index contributed by atoms with van der Waals surface area (Å²) in [4.78, 5) is 14.9. The molecule has 0 aliphatic heterocycles. The summed E-state index contributed by atoms with van der Waals surface area (Å²) in [5.74, 6) is 1.37. The summed E-state index contributed by atoms with van der Waals surface area (Å²) in [7, 11) is 0. The van der Waals surface area contributed by atoms with Crippen LogP contribution >= 0.6 is 0 Å². The summed E-state index contributed by atoms with van der Waals surface area (Å²) in [5, 5.41) is 12.1. The van der Waals surface area contributed by atoms with Crippen LogP contribution in [0.1, 0.15) is 49.5 Å². The summed E-state index contributed by atoms with van der Waals surface area (Å²) in [6.45, 7) is 3.20. The quantitative estimate of drug-likeness (QED) is 0.853. The third-order valence-corrected chi connectivity index (χ3v) is 3.96. The van der Waals surface area contributed by atoms with Crippen LogP contribution in [0.3, 0.4) is 0 Å². The van der Waals surface area contributed by atoms with Crippen molar-refractivity contribution in [3.63, 3.8) is 0 Å². The molecule has 1 saturated carbocycles. The Hall–Kier alpha value is -1.58. The van der Waals surface area contributed by atoms with Crippen LogP contribution in [-0.2, 0) is 0 Å². The minimum atomic E-state index is -0.982. The molecule has 1 aromatic heterocycles. The molecule has 1 fully saturated rings. The molecule has 0 amide bonds. The van der Waals surface area contributed by atoms with Crippen molar-refractivity contribution in [1.29, 1.82) is 0 Å². The standard InChI is InChI=1S/C15H22N2O2/c1-11-5-7-12(8-6-11)9-10-16-14-4-2-3-13(17-14)15(18)19/h2-4,11-12H,5-10H2,1H3,(H,16,17)(H,18,19). The van der Waals surface area contributed by atoms with Gasteiger partial charge in [-0.3, -0.25) is 0 Å². The van der Waals surface area contributed by atoms with E-state index in [2.05, 4.69) is 17.2 Å². The molecule has 2 N–H and O–H groups in total. The molecule has 0 spiro atoms. The number of anilines is 1. The summed E-state index contributed by atoms with van der Waals surface area (Å²) in [5.41, 5.74) is 0.0940. The second kappa shape index (κ2) is 6.55. The number of hydrogen-bond donors (Lipinski definition) is 2. The molecule has 19 heavy (non-hydrogen) atoms. The normalized spacial score (nSPS) is 23.0. The molecule has 1 heterocycles. The van der Waals surface area contributed by atoms with Crippen molar-refractivity contribution in [1.82, 2.24) is 4.98 Å². The van der Waals surface area contributed by atoms with Crippen LogP contribution in [0.4, 0.5) is 5.82 Å². The lowest BCUT2D eigenvalue weighted by Gasteiger charge is -2.26. The first kappa shape index (κ1) is 13.8. The van der Waals surface area contributed by atoms with Crippen molar-refractivity contribution in [2.24, 2.45) is 11.8 Å². The first-order valence-electron chi connectivity index (χ1n) is 7.09. The highest BCUT2D eigenvalue weighted by Gasteiger charge is 2.17. The molecule has 1 aliphatic carbocycles.